The summed E-state index contributed by atoms with van der Waals surface area (Å²) in [7, 11) is 0. The largest absolute Gasteiger partial charge is 0.480 e. The molecule has 1 N–H and O–H groups in total. The van der Waals surface area contributed by atoms with Crippen molar-refractivity contribution in [3.05, 3.63) is 33.5 Å². The molecular formula is C10H12BrNO2S. The molecule has 0 aliphatic carbocycles. The van der Waals surface area contributed by atoms with Gasteiger partial charge in [0.05, 0.1) is 10.3 Å². The minimum absolute atomic E-state index is 0.0432. The van der Waals surface area contributed by atoms with Gasteiger partial charge >= 0.3 is 5.97 Å². The van der Waals surface area contributed by atoms with Gasteiger partial charge in [0, 0.05) is 18.0 Å². The Morgan fingerprint density at radius 1 is 1.67 bits per heavy atom. The van der Waals surface area contributed by atoms with Crippen LogP contribution in [0.25, 0.3) is 0 Å². The summed E-state index contributed by atoms with van der Waals surface area (Å²) < 4.78 is 1.06. The summed E-state index contributed by atoms with van der Waals surface area (Å²) in [5, 5.41) is 8.71. The van der Waals surface area contributed by atoms with Crippen LogP contribution in [0.4, 0.5) is 0 Å². The third kappa shape index (κ3) is 4.59. The Balaban J connectivity index is 2.57. The van der Waals surface area contributed by atoms with E-state index in [1.165, 1.54) is 0 Å². The Hall–Kier alpha value is -0.650. The fourth-order valence-corrected chi connectivity index (χ4v) is 2.74. The van der Waals surface area contributed by atoms with Crippen molar-refractivity contribution in [3.63, 3.8) is 0 Å². The molecule has 0 radical (unpaired) electrons. The van der Waals surface area contributed by atoms with Crippen LogP contribution in [0.15, 0.2) is 28.6 Å². The molecule has 0 saturated carbocycles. The smallest absolute Gasteiger partial charge is 0.317 e. The molecule has 0 unspecified atom stereocenters. The second kappa shape index (κ2) is 6.05. The van der Waals surface area contributed by atoms with Crippen molar-refractivity contribution in [3.8, 4) is 0 Å². The number of carbonyl (C=O) groups is 1. The monoisotopic (exact) mass is 289 g/mol. The number of carboxylic acid groups (broad SMARTS) is 1. The van der Waals surface area contributed by atoms with Crippen LogP contribution in [0, 0.1) is 0 Å². The molecule has 0 spiro atoms. The average Bonchev–Trinajstić information content (AvgIpc) is 2.50. The summed E-state index contributed by atoms with van der Waals surface area (Å²) in [4.78, 5) is 13.6. The molecule has 3 nitrogen and oxygen atoms in total. The maximum Gasteiger partial charge on any atom is 0.317 e. The van der Waals surface area contributed by atoms with Crippen molar-refractivity contribution in [2.45, 2.75) is 6.54 Å². The summed E-state index contributed by atoms with van der Waals surface area (Å²) in [5.41, 5.74) is 0. The highest BCUT2D eigenvalue weighted by Crippen LogP contribution is 2.23. The second-order valence-corrected chi connectivity index (χ2v) is 5.61. The van der Waals surface area contributed by atoms with Crippen LogP contribution in [0.1, 0.15) is 4.88 Å². The van der Waals surface area contributed by atoms with Gasteiger partial charge in [0.2, 0.25) is 0 Å². The second-order valence-electron chi connectivity index (χ2n) is 3.06. The topological polar surface area (TPSA) is 40.5 Å². The fraction of sp³-hybridized carbons (Fsp3) is 0.300. The quantitative estimate of drug-likeness (QED) is 0.819. The highest BCUT2D eigenvalue weighted by Gasteiger charge is 2.09. The van der Waals surface area contributed by atoms with Gasteiger partial charge in [-0.2, -0.15) is 0 Å². The van der Waals surface area contributed by atoms with Crippen molar-refractivity contribution in [2.75, 3.05) is 13.1 Å². The van der Waals surface area contributed by atoms with Crippen molar-refractivity contribution < 1.29 is 9.90 Å². The zero-order chi connectivity index (χ0) is 11.3. The van der Waals surface area contributed by atoms with E-state index in [-0.39, 0.29) is 6.54 Å². The molecule has 1 rings (SSSR count). The summed E-state index contributed by atoms with van der Waals surface area (Å²) in [5.74, 6) is -0.813. The molecular weight excluding hydrogens is 278 g/mol. The third-order valence-electron chi connectivity index (χ3n) is 1.75. The lowest BCUT2D eigenvalue weighted by molar-refractivity contribution is -0.138. The standard InChI is InChI=1S/C10H12BrNO2S/c1-2-5-12(7-10(13)14)6-8-3-4-9(11)15-8/h2-4H,1,5-7H2,(H,13,14). The lowest BCUT2D eigenvalue weighted by Gasteiger charge is -2.16. The Labute approximate surface area is 101 Å². The van der Waals surface area contributed by atoms with E-state index in [2.05, 4.69) is 22.5 Å². The molecule has 0 aliphatic rings. The first-order valence-electron chi connectivity index (χ1n) is 4.41. The van der Waals surface area contributed by atoms with Crippen LogP contribution in [0.2, 0.25) is 0 Å². The first kappa shape index (κ1) is 12.4. The summed E-state index contributed by atoms with van der Waals surface area (Å²) in [6, 6.07) is 3.96. The van der Waals surface area contributed by atoms with Gasteiger partial charge in [0.15, 0.2) is 0 Å². The van der Waals surface area contributed by atoms with E-state index < -0.39 is 5.97 Å². The molecule has 0 aliphatic heterocycles. The summed E-state index contributed by atoms with van der Waals surface area (Å²) in [6.07, 6.45) is 1.71. The van der Waals surface area contributed by atoms with Crippen LogP contribution in [0.5, 0.6) is 0 Å². The highest BCUT2D eigenvalue weighted by molar-refractivity contribution is 9.11. The van der Waals surface area contributed by atoms with Gasteiger partial charge in [0.25, 0.3) is 0 Å². The molecule has 0 bridgehead atoms. The van der Waals surface area contributed by atoms with Gasteiger partial charge in [-0.15, -0.1) is 17.9 Å². The number of hydrogen-bond donors (Lipinski definition) is 1. The van der Waals surface area contributed by atoms with Crippen LogP contribution >= 0.6 is 27.3 Å². The Kier molecular flexibility index (Phi) is 5.01. The first-order chi connectivity index (χ1) is 7.11. The minimum Gasteiger partial charge on any atom is -0.480 e. The van der Waals surface area contributed by atoms with E-state index in [0.29, 0.717) is 13.1 Å². The SMILES string of the molecule is C=CCN(CC(=O)O)Cc1ccc(Br)s1. The number of hydrogen-bond acceptors (Lipinski definition) is 3. The molecule has 15 heavy (non-hydrogen) atoms. The Morgan fingerprint density at radius 2 is 2.40 bits per heavy atom. The zero-order valence-electron chi connectivity index (χ0n) is 8.15. The summed E-state index contributed by atoms with van der Waals surface area (Å²) in [6.45, 7) is 4.89. The van der Waals surface area contributed by atoms with Gasteiger partial charge in [-0.25, -0.2) is 0 Å². The number of nitrogens with zero attached hydrogens (tertiary/aromatic N) is 1. The van der Waals surface area contributed by atoms with Gasteiger partial charge < -0.3 is 5.11 Å². The molecule has 0 aromatic carbocycles. The zero-order valence-corrected chi connectivity index (χ0v) is 10.6. The predicted molar refractivity (Wildman–Crippen MR) is 65.1 cm³/mol. The minimum atomic E-state index is -0.813. The van der Waals surface area contributed by atoms with E-state index in [1.54, 1.807) is 17.4 Å². The number of halogens is 1. The molecule has 0 amide bonds. The molecule has 1 heterocycles. The van der Waals surface area contributed by atoms with Gasteiger partial charge in [-0.05, 0) is 28.1 Å². The molecule has 0 saturated heterocycles. The van der Waals surface area contributed by atoms with Gasteiger partial charge in [0.1, 0.15) is 0 Å². The average molecular weight is 290 g/mol. The molecule has 82 valence electrons. The van der Waals surface area contributed by atoms with E-state index in [4.69, 9.17) is 5.11 Å². The van der Waals surface area contributed by atoms with Crippen LogP contribution in [0.3, 0.4) is 0 Å². The number of carboxylic acids is 1. The summed E-state index contributed by atoms with van der Waals surface area (Å²) >= 11 is 4.99. The Bertz CT molecular complexity index is 351. The third-order valence-corrected chi connectivity index (χ3v) is 3.36. The van der Waals surface area contributed by atoms with Gasteiger partial charge in [-0.1, -0.05) is 6.08 Å². The normalized spacial score (nSPS) is 10.5. The van der Waals surface area contributed by atoms with Crippen molar-refractivity contribution in [2.24, 2.45) is 0 Å². The lowest BCUT2D eigenvalue weighted by Crippen LogP contribution is -2.29. The van der Waals surface area contributed by atoms with E-state index in [1.807, 2.05) is 17.0 Å². The maximum atomic E-state index is 10.6. The van der Waals surface area contributed by atoms with E-state index >= 15 is 0 Å². The predicted octanol–water partition coefficient (Wildman–Crippen LogP) is 2.58. The maximum absolute atomic E-state index is 10.6. The van der Waals surface area contributed by atoms with Crippen LogP contribution in [-0.2, 0) is 11.3 Å². The Morgan fingerprint density at radius 3 is 2.87 bits per heavy atom. The molecule has 0 fully saturated rings. The van der Waals surface area contributed by atoms with Crippen molar-refractivity contribution >= 4 is 33.2 Å². The van der Waals surface area contributed by atoms with E-state index in [9.17, 15) is 4.79 Å². The molecule has 1 aromatic heterocycles. The van der Waals surface area contributed by atoms with Gasteiger partial charge in [-0.3, -0.25) is 9.69 Å². The fourth-order valence-electron chi connectivity index (χ4n) is 1.22. The molecule has 0 atom stereocenters. The lowest BCUT2D eigenvalue weighted by atomic mass is 10.4. The molecule has 5 heteroatoms. The number of rotatable bonds is 6. The first-order valence-corrected chi connectivity index (χ1v) is 6.02. The van der Waals surface area contributed by atoms with E-state index in [0.717, 1.165) is 8.66 Å². The van der Waals surface area contributed by atoms with Crippen LogP contribution in [-0.4, -0.2) is 29.1 Å². The van der Waals surface area contributed by atoms with Crippen molar-refractivity contribution in [1.29, 1.82) is 0 Å². The van der Waals surface area contributed by atoms with Crippen molar-refractivity contribution in [1.82, 2.24) is 4.90 Å². The molecule has 1 aromatic rings. The number of thiophene rings is 1. The number of aliphatic carboxylic acids is 1. The highest BCUT2D eigenvalue weighted by atomic mass is 79.9. The van der Waals surface area contributed by atoms with Crippen LogP contribution < -0.4 is 0 Å².